The van der Waals surface area contributed by atoms with Crippen LogP contribution in [-0.4, -0.2) is 37.2 Å². The Balaban J connectivity index is 3.96. The molecule has 0 spiro atoms. The third-order valence-corrected chi connectivity index (χ3v) is 15.0. The molecule has 0 radical (unpaired) electrons. The predicted molar refractivity (Wildman–Crippen MR) is 316 cm³/mol. The smallest absolute Gasteiger partial charge is 0.306 e. The summed E-state index contributed by atoms with van der Waals surface area (Å²) >= 11 is 0. The van der Waals surface area contributed by atoms with E-state index in [4.69, 9.17) is 14.2 Å². The van der Waals surface area contributed by atoms with E-state index in [-0.39, 0.29) is 31.1 Å². The lowest BCUT2D eigenvalue weighted by Crippen LogP contribution is -2.30. The summed E-state index contributed by atoms with van der Waals surface area (Å²) in [7, 11) is 0. The van der Waals surface area contributed by atoms with Crippen LogP contribution in [0, 0.1) is 0 Å². The van der Waals surface area contributed by atoms with Gasteiger partial charge in [-0.05, 0) is 51.4 Å². The lowest BCUT2D eigenvalue weighted by atomic mass is 10.0. The summed E-state index contributed by atoms with van der Waals surface area (Å²) in [6.07, 6.45) is 75.3. The Morgan fingerprint density at radius 1 is 0.274 bits per heavy atom. The number of rotatable bonds is 61. The monoisotopic (exact) mass is 1030 g/mol. The fraction of sp³-hybridized carbons (Fsp3) is 0.896. The fourth-order valence-electron chi connectivity index (χ4n) is 10.0. The average Bonchev–Trinajstić information content (AvgIpc) is 3.39. The van der Waals surface area contributed by atoms with E-state index in [1.54, 1.807) is 0 Å². The first-order valence-corrected chi connectivity index (χ1v) is 32.8. The van der Waals surface area contributed by atoms with E-state index < -0.39 is 6.10 Å². The Morgan fingerprint density at radius 2 is 0.493 bits per heavy atom. The van der Waals surface area contributed by atoms with Crippen LogP contribution in [0.25, 0.3) is 0 Å². The van der Waals surface area contributed by atoms with Crippen LogP contribution in [0.2, 0.25) is 0 Å². The summed E-state index contributed by atoms with van der Waals surface area (Å²) in [5.74, 6) is -0.872. The summed E-state index contributed by atoms with van der Waals surface area (Å²) in [5, 5.41) is 0. The molecule has 0 aliphatic carbocycles. The molecular weight excluding hydrogens is 901 g/mol. The van der Waals surface area contributed by atoms with E-state index in [0.717, 1.165) is 77.0 Å². The van der Waals surface area contributed by atoms with E-state index in [0.29, 0.717) is 19.3 Å². The molecule has 6 nitrogen and oxygen atoms in total. The van der Waals surface area contributed by atoms with Crippen LogP contribution in [0.15, 0.2) is 24.3 Å². The van der Waals surface area contributed by atoms with Crippen LogP contribution in [0.3, 0.4) is 0 Å². The molecule has 0 N–H and O–H groups in total. The molecule has 0 saturated carbocycles. The Morgan fingerprint density at radius 3 is 0.767 bits per heavy atom. The second-order valence-corrected chi connectivity index (χ2v) is 22.4. The molecule has 0 fully saturated rings. The van der Waals surface area contributed by atoms with Gasteiger partial charge in [-0.3, -0.25) is 14.4 Å². The number of unbranched alkanes of at least 4 members (excludes halogenated alkanes) is 46. The highest BCUT2D eigenvalue weighted by Gasteiger charge is 2.19. The molecule has 0 aromatic heterocycles. The van der Waals surface area contributed by atoms with Crippen molar-refractivity contribution in [3.63, 3.8) is 0 Å². The minimum absolute atomic E-state index is 0.0722. The SMILES string of the molecule is CCCCCC/C=C\C/C=C\CCCCCCCC(=O)OC(COC(=O)CCCCCCCCC)COC(=O)CCCCCCCCCCCCCCCCCCCCCCCCCCCCCCCCCC. The van der Waals surface area contributed by atoms with Gasteiger partial charge in [0, 0.05) is 19.3 Å². The number of carbonyl (C=O) groups is 3. The van der Waals surface area contributed by atoms with Crippen LogP contribution < -0.4 is 0 Å². The molecule has 6 heteroatoms. The van der Waals surface area contributed by atoms with E-state index >= 15 is 0 Å². The fourth-order valence-corrected chi connectivity index (χ4v) is 10.0. The maximum absolute atomic E-state index is 12.8. The van der Waals surface area contributed by atoms with Crippen molar-refractivity contribution >= 4 is 17.9 Å². The average molecular weight is 1030 g/mol. The zero-order valence-corrected chi connectivity index (χ0v) is 49.4. The van der Waals surface area contributed by atoms with E-state index in [1.165, 1.54) is 250 Å². The zero-order chi connectivity index (χ0) is 52.9. The molecule has 0 amide bonds. The Hall–Kier alpha value is -2.11. The second kappa shape index (κ2) is 62.4. The standard InChI is InChI=1S/C67H126O6/c1-4-7-10-13-16-18-20-22-24-26-27-28-29-30-31-32-33-34-35-36-37-38-39-40-41-43-44-46-48-51-54-57-60-66(69)72-63-64(62-71-65(68)59-56-53-50-15-12-9-6-3)73-67(70)61-58-55-52-49-47-45-42-25-23-21-19-17-14-11-8-5-2/h19,21,25,42,64H,4-18,20,22-24,26-41,43-63H2,1-3H3/b21-19-,42-25-. The largest absolute Gasteiger partial charge is 0.462 e. The normalized spacial score (nSPS) is 12.1. The molecule has 1 atom stereocenters. The summed E-state index contributed by atoms with van der Waals surface area (Å²) < 4.78 is 16.8. The molecule has 0 aliphatic heterocycles. The maximum Gasteiger partial charge on any atom is 0.306 e. The van der Waals surface area contributed by atoms with Gasteiger partial charge in [-0.15, -0.1) is 0 Å². The number of hydrogen-bond donors (Lipinski definition) is 0. The van der Waals surface area contributed by atoms with Gasteiger partial charge in [0.2, 0.25) is 0 Å². The first kappa shape index (κ1) is 70.9. The molecule has 0 rings (SSSR count). The van der Waals surface area contributed by atoms with Gasteiger partial charge in [-0.1, -0.05) is 321 Å². The molecule has 0 saturated heterocycles. The van der Waals surface area contributed by atoms with Crippen LogP contribution in [0.5, 0.6) is 0 Å². The second-order valence-electron chi connectivity index (χ2n) is 22.4. The van der Waals surface area contributed by atoms with Crippen molar-refractivity contribution in [3.8, 4) is 0 Å². The first-order chi connectivity index (χ1) is 36.0. The number of esters is 3. The highest BCUT2D eigenvalue weighted by atomic mass is 16.6. The summed E-state index contributed by atoms with van der Waals surface area (Å²) in [6.45, 7) is 6.62. The van der Waals surface area contributed by atoms with E-state index in [1.807, 2.05) is 0 Å². The van der Waals surface area contributed by atoms with Gasteiger partial charge >= 0.3 is 17.9 Å². The van der Waals surface area contributed by atoms with Crippen molar-refractivity contribution in [1.82, 2.24) is 0 Å². The number of allylic oxidation sites excluding steroid dienone is 4. The van der Waals surface area contributed by atoms with Gasteiger partial charge in [-0.25, -0.2) is 0 Å². The van der Waals surface area contributed by atoms with Crippen LogP contribution in [0.1, 0.15) is 367 Å². The first-order valence-electron chi connectivity index (χ1n) is 32.8. The Bertz CT molecular complexity index is 1180. The minimum Gasteiger partial charge on any atom is -0.462 e. The van der Waals surface area contributed by atoms with Crippen LogP contribution in [-0.2, 0) is 28.6 Å². The highest BCUT2D eigenvalue weighted by Crippen LogP contribution is 2.18. The van der Waals surface area contributed by atoms with E-state index in [2.05, 4.69) is 45.1 Å². The van der Waals surface area contributed by atoms with Crippen molar-refractivity contribution < 1.29 is 28.6 Å². The van der Waals surface area contributed by atoms with Gasteiger partial charge in [0.25, 0.3) is 0 Å². The number of ether oxygens (including phenoxy) is 3. The molecule has 0 aliphatic rings. The number of carbonyl (C=O) groups excluding carboxylic acids is 3. The van der Waals surface area contributed by atoms with Gasteiger partial charge in [-0.2, -0.15) is 0 Å². The topological polar surface area (TPSA) is 78.9 Å². The van der Waals surface area contributed by atoms with Crippen molar-refractivity contribution in [2.45, 2.75) is 374 Å². The van der Waals surface area contributed by atoms with Crippen LogP contribution >= 0.6 is 0 Å². The molecule has 430 valence electrons. The summed E-state index contributed by atoms with van der Waals surface area (Å²) in [6, 6.07) is 0. The van der Waals surface area contributed by atoms with Crippen molar-refractivity contribution in [3.05, 3.63) is 24.3 Å². The zero-order valence-electron chi connectivity index (χ0n) is 49.4. The molecule has 0 aromatic rings. The third kappa shape index (κ3) is 60.6. The molecular formula is C67H126O6. The summed E-state index contributed by atoms with van der Waals surface area (Å²) in [5.41, 5.74) is 0. The molecule has 0 heterocycles. The molecule has 0 aromatic carbocycles. The lowest BCUT2D eigenvalue weighted by Gasteiger charge is -2.18. The predicted octanol–water partition coefficient (Wildman–Crippen LogP) is 22.2. The van der Waals surface area contributed by atoms with Gasteiger partial charge in [0.05, 0.1) is 0 Å². The van der Waals surface area contributed by atoms with Gasteiger partial charge in [0.15, 0.2) is 6.10 Å². The van der Waals surface area contributed by atoms with Crippen molar-refractivity contribution in [1.29, 1.82) is 0 Å². The minimum atomic E-state index is -0.773. The lowest BCUT2D eigenvalue weighted by molar-refractivity contribution is -0.167. The van der Waals surface area contributed by atoms with E-state index in [9.17, 15) is 14.4 Å². The Labute approximate surface area is 455 Å². The van der Waals surface area contributed by atoms with Crippen molar-refractivity contribution in [2.75, 3.05) is 13.2 Å². The number of hydrogen-bond acceptors (Lipinski definition) is 6. The molecule has 0 bridgehead atoms. The molecule has 73 heavy (non-hydrogen) atoms. The quantitative estimate of drug-likeness (QED) is 0.0261. The third-order valence-electron chi connectivity index (χ3n) is 15.0. The van der Waals surface area contributed by atoms with Gasteiger partial charge in [0.1, 0.15) is 13.2 Å². The van der Waals surface area contributed by atoms with Gasteiger partial charge < -0.3 is 14.2 Å². The summed E-state index contributed by atoms with van der Waals surface area (Å²) in [4.78, 5) is 38.0. The maximum atomic E-state index is 12.8. The Kier molecular flexibility index (Phi) is 60.6. The molecule has 1 unspecified atom stereocenters. The van der Waals surface area contributed by atoms with Crippen molar-refractivity contribution in [2.24, 2.45) is 0 Å². The highest BCUT2D eigenvalue weighted by molar-refractivity contribution is 5.71. The van der Waals surface area contributed by atoms with Crippen LogP contribution in [0.4, 0.5) is 0 Å².